The Labute approximate surface area is 106 Å². The minimum absolute atomic E-state index is 0.198. The van der Waals surface area contributed by atoms with E-state index in [1.165, 1.54) is 0 Å². The van der Waals surface area contributed by atoms with E-state index < -0.39 is 5.66 Å². The van der Waals surface area contributed by atoms with Gasteiger partial charge in [-0.15, -0.1) is 0 Å². The van der Waals surface area contributed by atoms with Gasteiger partial charge in [-0.25, -0.2) is 4.99 Å². The van der Waals surface area contributed by atoms with Crippen molar-refractivity contribution in [2.45, 2.75) is 26.1 Å². The lowest BCUT2D eigenvalue weighted by Gasteiger charge is -2.38. The molecule has 6 N–H and O–H groups in total. The second kappa shape index (κ2) is 4.30. The molecule has 0 spiro atoms. The van der Waals surface area contributed by atoms with Crippen LogP contribution in [-0.2, 0) is 6.54 Å². The maximum Gasteiger partial charge on any atom is 0.220 e. The molecule has 1 aliphatic rings. The van der Waals surface area contributed by atoms with Crippen LogP contribution in [0.5, 0.6) is 0 Å². The average Bonchev–Trinajstić information content (AvgIpc) is 2.26. The highest BCUT2D eigenvalue weighted by Gasteiger charge is 2.32. The topological polar surface area (TPSA) is 106 Å². The Morgan fingerprint density at radius 2 is 2.00 bits per heavy atom. The average molecular weight is 246 g/mol. The van der Waals surface area contributed by atoms with E-state index in [2.05, 4.69) is 9.98 Å². The van der Waals surface area contributed by atoms with Crippen molar-refractivity contribution in [3.05, 3.63) is 29.8 Å². The molecule has 0 fully saturated rings. The number of hydrogen-bond donors (Lipinski definition) is 3. The van der Waals surface area contributed by atoms with E-state index in [9.17, 15) is 0 Å². The summed E-state index contributed by atoms with van der Waals surface area (Å²) in [5, 5.41) is 0. The first-order valence-corrected chi connectivity index (χ1v) is 5.73. The molecular weight excluding hydrogens is 228 g/mol. The first-order chi connectivity index (χ1) is 8.44. The second-order valence-electron chi connectivity index (χ2n) is 4.64. The van der Waals surface area contributed by atoms with Crippen molar-refractivity contribution in [1.29, 1.82) is 0 Å². The molecular formula is C12H18N6. The van der Waals surface area contributed by atoms with Gasteiger partial charge in [-0.3, -0.25) is 4.90 Å². The van der Waals surface area contributed by atoms with E-state index in [4.69, 9.17) is 17.2 Å². The number of hydrogen-bond acceptors (Lipinski definition) is 6. The number of guanidine groups is 2. The Hall–Kier alpha value is -2.08. The maximum absolute atomic E-state index is 5.95. The van der Waals surface area contributed by atoms with E-state index in [0.717, 1.165) is 11.3 Å². The summed E-state index contributed by atoms with van der Waals surface area (Å²) in [5.41, 5.74) is 18.6. The van der Waals surface area contributed by atoms with E-state index in [0.29, 0.717) is 12.5 Å². The summed E-state index contributed by atoms with van der Waals surface area (Å²) < 4.78 is 0. The largest absolute Gasteiger partial charge is 0.369 e. The zero-order valence-corrected chi connectivity index (χ0v) is 10.6. The van der Waals surface area contributed by atoms with Gasteiger partial charge in [0.2, 0.25) is 11.9 Å². The molecule has 0 bridgehead atoms. The van der Waals surface area contributed by atoms with Crippen molar-refractivity contribution < 1.29 is 0 Å². The standard InChI is InChI=1S/C12H18N6/c1-12(2)17-10(14)16-11(15)18(12)9-5-3-4-8(6-9)7-13/h3-6H,7,13H2,1-2H3,(H4,14,15,16,17). The normalized spacial score (nSPS) is 18.3. The molecule has 1 aliphatic heterocycles. The van der Waals surface area contributed by atoms with Gasteiger partial charge >= 0.3 is 0 Å². The minimum Gasteiger partial charge on any atom is -0.369 e. The summed E-state index contributed by atoms with van der Waals surface area (Å²) >= 11 is 0. The summed E-state index contributed by atoms with van der Waals surface area (Å²) in [4.78, 5) is 10.1. The van der Waals surface area contributed by atoms with Crippen LogP contribution in [0.1, 0.15) is 19.4 Å². The van der Waals surface area contributed by atoms with Gasteiger partial charge in [-0.05, 0) is 31.5 Å². The number of aliphatic imine (C=N–C) groups is 2. The van der Waals surface area contributed by atoms with E-state index in [-0.39, 0.29) is 5.96 Å². The predicted molar refractivity (Wildman–Crippen MR) is 74.1 cm³/mol. The Balaban J connectivity index is 2.46. The van der Waals surface area contributed by atoms with Crippen LogP contribution in [0.15, 0.2) is 34.3 Å². The lowest BCUT2D eigenvalue weighted by molar-refractivity contribution is 0.534. The Morgan fingerprint density at radius 3 is 2.61 bits per heavy atom. The van der Waals surface area contributed by atoms with Crippen LogP contribution in [0.2, 0.25) is 0 Å². The van der Waals surface area contributed by atoms with Crippen LogP contribution in [0.3, 0.4) is 0 Å². The number of rotatable bonds is 2. The summed E-state index contributed by atoms with van der Waals surface area (Å²) in [6, 6.07) is 7.81. The molecule has 0 amide bonds. The zero-order chi connectivity index (χ0) is 13.3. The number of nitrogens with two attached hydrogens (primary N) is 3. The van der Waals surface area contributed by atoms with E-state index in [1.54, 1.807) is 0 Å². The zero-order valence-electron chi connectivity index (χ0n) is 10.6. The second-order valence-corrected chi connectivity index (χ2v) is 4.64. The van der Waals surface area contributed by atoms with Crippen molar-refractivity contribution in [3.8, 4) is 0 Å². The quantitative estimate of drug-likeness (QED) is 0.699. The molecule has 0 radical (unpaired) electrons. The molecule has 6 heteroatoms. The van der Waals surface area contributed by atoms with Crippen LogP contribution in [-0.4, -0.2) is 17.6 Å². The molecule has 0 saturated carbocycles. The van der Waals surface area contributed by atoms with E-state index in [1.807, 2.05) is 43.0 Å². The van der Waals surface area contributed by atoms with Crippen molar-refractivity contribution in [1.82, 2.24) is 0 Å². The molecule has 96 valence electrons. The van der Waals surface area contributed by atoms with Crippen LogP contribution < -0.4 is 22.1 Å². The third-order valence-corrected chi connectivity index (χ3v) is 2.80. The Bertz CT molecular complexity index is 517. The van der Waals surface area contributed by atoms with Gasteiger partial charge in [0.25, 0.3) is 0 Å². The van der Waals surface area contributed by atoms with Crippen LogP contribution >= 0.6 is 0 Å². The molecule has 0 saturated heterocycles. The lowest BCUT2D eigenvalue weighted by Crippen LogP contribution is -2.54. The number of benzene rings is 1. The molecule has 0 aromatic heterocycles. The summed E-state index contributed by atoms with van der Waals surface area (Å²) in [7, 11) is 0. The van der Waals surface area contributed by atoms with Gasteiger partial charge < -0.3 is 17.2 Å². The van der Waals surface area contributed by atoms with E-state index >= 15 is 0 Å². The lowest BCUT2D eigenvalue weighted by atomic mass is 10.1. The first kappa shape index (κ1) is 12.4. The Morgan fingerprint density at radius 1 is 1.28 bits per heavy atom. The molecule has 0 aliphatic carbocycles. The molecule has 0 atom stereocenters. The summed E-state index contributed by atoms with van der Waals surface area (Å²) in [6.07, 6.45) is 0. The van der Waals surface area contributed by atoms with Gasteiger partial charge in [-0.2, -0.15) is 4.99 Å². The molecule has 2 rings (SSSR count). The highest BCUT2D eigenvalue weighted by Crippen LogP contribution is 2.27. The van der Waals surface area contributed by atoms with Gasteiger partial charge in [0.15, 0.2) is 0 Å². The van der Waals surface area contributed by atoms with Crippen LogP contribution in [0.25, 0.3) is 0 Å². The van der Waals surface area contributed by atoms with Gasteiger partial charge in [0.05, 0.1) is 0 Å². The number of anilines is 1. The molecule has 0 unspecified atom stereocenters. The SMILES string of the molecule is CC1(C)N=C(N)N=C(N)N1c1cccc(CN)c1. The minimum atomic E-state index is -0.566. The van der Waals surface area contributed by atoms with Crippen molar-refractivity contribution >= 4 is 17.6 Å². The van der Waals surface area contributed by atoms with Crippen molar-refractivity contribution in [2.24, 2.45) is 27.2 Å². The highest BCUT2D eigenvalue weighted by molar-refractivity contribution is 6.05. The Kier molecular flexibility index (Phi) is 2.96. The molecule has 1 aromatic carbocycles. The summed E-state index contributed by atoms with van der Waals surface area (Å²) in [5.74, 6) is 0.533. The third kappa shape index (κ3) is 2.14. The molecule has 18 heavy (non-hydrogen) atoms. The smallest absolute Gasteiger partial charge is 0.220 e. The predicted octanol–water partition coefficient (Wildman–Crippen LogP) is 0.331. The van der Waals surface area contributed by atoms with Gasteiger partial charge in [0, 0.05) is 12.2 Å². The van der Waals surface area contributed by atoms with Crippen molar-refractivity contribution in [3.63, 3.8) is 0 Å². The third-order valence-electron chi connectivity index (χ3n) is 2.80. The first-order valence-electron chi connectivity index (χ1n) is 5.73. The molecule has 1 aromatic rings. The monoisotopic (exact) mass is 246 g/mol. The van der Waals surface area contributed by atoms with Crippen molar-refractivity contribution in [2.75, 3.05) is 4.90 Å². The van der Waals surface area contributed by atoms with Crippen LogP contribution in [0.4, 0.5) is 5.69 Å². The number of nitrogens with zero attached hydrogens (tertiary/aromatic N) is 3. The van der Waals surface area contributed by atoms with Gasteiger partial charge in [0.1, 0.15) is 5.66 Å². The maximum atomic E-state index is 5.95. The van der Waals surface area contributed by atoms with Gasteiger partial charge in [-0.1, -0.05) is 12.1 Å². The fraction of sp³-hybridized carbons (Fsp3) is 0.333. The fourth-order valence-electron chi connectivity index (χ4n) is 2.07. The molecule has 1 heterocycles. The van der Waals surface area contributed by atoms with Crippen LogP contribution in [0, 0.1) is 0 Å². The summed E-state index contributed by atoms with van der Waals surface area (Å²) in [6.45, 7) is 4.33. The fourth-order valence-corrected chi connectivity index (χ4v) is 2.07. The molecule has 6 nitrogen and oxygen atoms in total. The highest BCUT2D eigenvalue weighted by atomic mass is 15.4.